The molecule has 116 valence electrons. The van der Waals surface area contributed by atoms with Crippen LogP contribution in [0.3, 0.4) is 0 Å². The number of hydrogen-bond acceptors (Lipinski definition) is 6. The molecule has 0 bridgehead atoms. The fourth-order valence-corrected chi connectivity index (χ4v) is 2.81. The molecule has 2 heterocycles. The lowest BCUT2D eigenvalue weighted by Crippen LogP contribution is -2.52. The van der Waals surface area contributed by atoms with Crippen LogP contribution in [0, 0.1) is 5.82 Å². The van der Waals surface area contributed by atoms with Crippen LogP contribution < -0.4 is 11.4 Å². The Labute approximate surface area is 115 Å². The second kappa shape index (κ2) is 4.18. The fourth-order valence-electron chi connectivity index (χ4n) is 2.81. The van der Waals surface area contributed by atoms with Gasteiger partial charge in [0.05, 0.1) is 6.61 Å². The molecule has 1 aliphatic heterocycles. The van der Waals surface area contributed by atoms with Gasteiger partial charge >= 0.3 is 5.69 Å². The van der Waals surface area contributed by atoms with Crippen LogP contribution in [0.4, 0.5) is 19.0 Å². The molecular weight excluding hydrogens is 295 g/mol. The Balaban J connectivity index is 1.98. The van der Waals surface area contributed by atoms with Crippen LogP contribution in [0.25, 0.3) is 0 Å². The van der Waals surface area contributed by atoms with E-state index in [1.165, 1.54) is 0 Å². The number of nitrogens with two attached hydrogens (primary N) is 1. The average Bonchev–Trinajstić information content (AvgIpc) is 2.96. The molecule has 1 unspecified atom stereocenters. The Bertz CT molecular complexity index is 650. The standard InChI is InChI=1S/C11H12F3N3O4/c12-2-10(3-18)8(19)11(14)5(6(11)21-10)17-1-4(13)7(15)16-9(17)20/h1,5-6,8,18-19H,2-3H2,(H2,15,16,20)/t5?,6-,8+,10+,11+/m0/s1. The third-order valence-corrected chi connectivity index (χ3v) is 4.07. The molecule has 4 N–H and O–H groups in total. The number of aliphatic hydroxyl groups excluding tert-OH is 2. The Morgan fingerprint density at radius 3 is 2.71 bits per heavy atom. The van der Waals surface area contributed by atoms with E-state index >= 15 is 0 Å². The van der Waals surface area contributed by atoms with E-state index in [0.717, 1.165) is 0 Å². The lowest BCUT2D eigenvalue weighted by Gasteiger charge is -2.31. The van der Waals surface area contributed by atoms with Gasteiger partial charge in [0.1, 0.15) is 30.5 Å². The quantitative estimate of drug-likeness (QED) is 0.639. The molecule has 1 saturated carbocycles. The van der Waals surface area contributed by atoms with Gasteiger partial charge in [0.25, 0.3) is 0 Å². The van der Waals surface area contributed by atoms with Crippen molar-refractivity contribution in [1.29, 1.82) is 0 Å². The topological polar surface area (TPSA) is 111 Å². The minimum Gasteiger partial charge on any atom is -0.393 e. The summed E-state index contributed by atoms with van der Waals surface area (Å²) in [5.41, 5.74) is -0.469. The van der Waals surface area contributed by atoms with E-state index in [0.29, 0.717) is 10.8 Å². The first-order valence-electron chi connectivity index (χ1n) is 6.07. The van der Waals surface area contributed by atoms with Crippen LogP contribution >= 0.6 is 0 Å². The summed E-state index contributed by atoms with van der Waals surface area (Å²) in [5.74, 6) is -1.67. The molecule has 10 heteroatoms. The van der Waals surface area contributed by atoms with Crippen molar-refractivity contribution in [3.63, 3.8) is 0 Å². The SMILES string of the molecule is Nc1nc(=O)n(C2[C@@H]3O[C@@](CO)(CF)[C@@H](O)[C@@]23F)cc1F. The van der Waals surface area contributed by atoms with E-state index in [1.54, 1.807) is 0 Å². The van der Waals surface area contributed by atoms with Gasteiger partial charge in [-0.25, -0.2) is 18.0 Å². The number of ether oxygens (including phenoxy) is 1. The number of aromatic nitrogens is 2. The van der Waals surface area contributed by atoms with Crippen molar-refractivity contribution in [3.05, 3.63) is 22.5 Å². The minimum absolute atomic E-state index is 0.610. The van der Waals surface area contributed by atoms with E-state index in [-0.39, 0.29) is 0 Å². The minimum atomic E-state index is -2.50. The molecule has 0 amide bonds. The number of aliphatic hydroxyl groups is 2. The summed E-state index contributed by atoms with van der Waals surface area (Å²) in [6.45, 7) is -2.23. The molecule has 7 nitrogen and oxygen atoms in total. The zero-order valence-electron chi connectivity index (χ0n) is 10.5. The highest BCUT2D eigenvalue weighted by atomic mass is 19.1. The molecule has 2 fully saturated rings. The van der Waals surface area contributed by atoms with Gasteiger partial charge in [-0.15, -0.1) is 0 Å². The summed E-state index contributed by atoms with van der Waals surface area (Å²) in [6.07, 6.45) is -2.72. The Hall–Kier alpha value is -1.65. The van der Waals surface area contributed by atoms with E-state index in [2.05, 4.69) is 4.98 Å². The van der Waals surface area contributed by atoms with Gasteiger partial charge < -0.3 is 20.7 Å². The Kier molecular flexibility index (Phi) is 2.85. The molecule has 1 aliphatic carbocycles. The zero-order valence-corrected chi connectivity index (χ0v) is 10.5. The average molecular weight is 307 g/mol. The summed E-state index contributed by atoms with van der Waals surface area (Å²) in [4.78, 5) is 14.8. The smallest absolute Gasteiger partial charge is 0.350 e. The van der Waals surface area contributed by atoms with Gasteiger partial charge in [0, 0.05) is 6.20 Å². The summed E-state index contributed by atoms with van der Waals surface area (Å²) >= 11 is 0. The Morgan fingerprint density at radius 1 is 1.57 bits per heavy atom. The van der Waals surface area contributed by atoms with Crippen LogP contribution in [0.5, 0.6) is 0 Å². The first kappa shape index (κ1) is 14.3. The third-order valence-electron chi connectivity index (χ3n) is 4.07. The van der Waals surface area contributed by atoms with E-state index in [4.69, 9.17) is 15.6 Å². The molecule has 1 aromatic heterocycles. The highest BCUT2D eigenvalue weighted by Crippen LogP contribution is 2.63. The lowest BCUT2D eigenvalue weighted by atomic mass is 9.95. The van der Waals surface area contributed by atoms with E-state index in [9.17, 15) is 23.1 Å². The van der Waals surface area contributed by atoms with Crippen LogP contribution in [-0.2, 0) is 4.74 Å². The number of nitrogen functional groups attached to an aromatic ring is 1. The highest BCUT2D eigenvalue weighted by molar-refractivity contribution is 5.33. The number of anilines is 1. The number of halogens is 3. The van der Waals surface area contributed by atoms with Gasteiger partial charge in [-0.2, -0.15) is 4.98 Å². The second-order valence-corrected chi connectivity index (χ2v) is 5.23. The van der Waals surface area contributed by atoms with E-state index in [1.807, 2.05) is 0 Å². The number of nitrogens with zero attached hydrogens (tertiary/aromatic N) is 2. The van der Waals surface area contributed by atoms with Crippen LogP contribution in [0.15, 0.2) is 11.0 Å². The van der Waals surface area contributed by atoms with Crippen LogP contribution in [0.1, 0.15) is 6.04 Å². The normalized spacial score (nSPS) is 41.1. The maximum atomic E-state index is 14.7. The van der Waals surface area contributed by atoms with Crippen LogP contribution in [-0.4, -0.2) is 56.5 Å². The molecule has 0 radical (unpaired) electrons. The van der Waals surface area contributed by atoms with Crippen molar-refractivity contribution < 1.29 is 28.1 Å². The van der Waals surface area contributed by atoms with Crippen LogP contribution in [0.2, 0.25) is 0 Å². The molecule has 3 rings (SSSR count). The first-order valence-corrected chi connectivity index (χ1v) is 6.07. The van der Waals surface area contributed by atoms with Crippen molar-refractivity contribution in [2.45, 2.75) is 29.5 Å². The third kappa shape index (κ3) is 1.60. The summed E-state index contributed by atoms with van der Waals surface area (Å²) in [5, 5.41) is 19.0. The molecular formula is C11H12F3N3O4. The molecule has 21 heavy (non-hydrogen) atoms. The number of alkyl halides is 2. The highest BCUT2D eigenvalue weighted by Gasteiger charge is 2.83. The first-order chi connectivity index (χ1) is 9.81. The molecule has 1 saturated heterocycles. The fraction of sp³-hybridized carbons (Fsp3) is 0.636. The predicted molar refractivity (Wildman–Crippen MR) is 62.4 cm³/mol. The number of fused-ring (bicyclic) bond motifs is 1. The maximum absolute atomic E-state index is 14.7. The van der Waals surface area contributed by atoms with Gasteiger partial charge in [-0.05, 0) is 0 Å². The van der Waals surface area contributed by atoms with Gasteiger partial charge in [0.15, 0.2) is 17.3 Å². The number of hydrogen-bond donors (Lipinski definition) is 3. The lowest BCUT2D eigenvalue weighted by molar-refractivity contribution is -0.140. The zero-order chi connectivity index (χ0) is 15.6. The monoisotopic (exact) mass is 307 g/mol. The van der Waals surface area contributed by atoms with Crippen molar-refractivity contribution in [1.82, 2.24) is 9.55 Å². The molecule has 5 atom stereocenters. The molecule has 0 spiro atoms. The van der Waals surface area contributed by atoms with Gasteiger partial charge in [0.2, 0.25) is 0 Å². The molecule has 0 aromatic carbocycles. The molecule has 1 aromatic rings. The largest absolute Gasteiger partial charge is 0.393 e. The maximum Gasteiger partial charge on any atom is 0.350 e. The summed E-state index contributed by atoms with van der Waals surface area (Å²) in [6, 6.07) is -1.35. The Morgan fingerprint density at radius 2 is 2.24 bits per heavy atom. The van der Waals surface area contributed by atoms with E-state index < -0.39 is 60.1 Å². The van der Waals surface area contributed by atoms with Gasteiger partial charge in [-0.3, -0.25) is 4.57 Å². The summed E-state index contributed by atoms with van der Waals surface area (Å²) in [7, 11) is 0. The molecule has 2 aliphatic rings. The van der Waals surface area contributed by atoms with Crippen molar-refractivity contribution in [2.75, 3.05) is 19.0 Å². The second-order valence-electron chi connectivity index (χ2n) is 5.23. The van der Waals surface area contributed by atoms with Gasteiger partial charge in [-0.1, -0.05) is 0 Å². The van der Waals surface area contributed by atoms with Crippen molar-refractivity contribution >= 4 is 5.82 Å². The number of rotatable bonds is 3. The predicted octanol–water partition coefficient (Wildman–Crippen LogP) is -1.31. The van der Waals surface area contributed by atoms with Crippen molar-refractivity contribution in [2.24, 2.45) is 0 Å². The summed E-state index contributed by atoms with van der Waals surface area (Å²) < 4.78 is 46.6. The van der Waals surface area contributed by atoms with Crippen molar-refractivity contribution in [3.8, 4) is 0 Å².